The van der Waals surface area contributed by atoms with Gasteiger partial charge in [0.2, 0.25) is 0 Å². The van der Waals surface area contributed by atoms with Gasteiger partial charge < -0.3 is 19.1 Å². The summed E-state index contributed by atoms with van der Waals surface area (Å²) in [6, 6.07) is 24.4. The maximum absolute atomic E-state index is 12.4. The Hall–Kier alpha value is -4.21. The average molecular weight is 569 g/mol. The first-order chi connectivity index (χ1) is 19.7. The fraction of sp³-hybridized carbons (Fsp3) is 0.281. The van der Waals surface area contributed by atoms with Gasteiger partial charge in [-0.1, -0.05) is 62.1 Å². The molecule has 0 saturated heterocycles. The third-order valence-electron chi connectivity index (χ3n) is 6.90. The maximum atomic E-state index is 12.4. The number of hydrogen-bond acceptors (Lipinski definition) is 5. The fourth-order valence-corrected chi connectivity index (χ4v) is 5.60. The van der Waals surface area contributed by atoms with Crippen molar-refractivity contribution in [3.05, 3.63) is 90.4 Å². The lowest BCUT2D eigenvalue weighted by Crippen LogP contribution is -2.22. The van der Waals surface area contributed by atoms with Crippen molar-refractivity contribution in [2.24, 2.45) is 0 Å². The number of fused-ring (bicyclic) bond motifs is 1. The Morgan fingerprint density at radius 3 is 2.49 bits per heavy atom. The standard InChI is InChI=1S/C32H36N4O4Si/c1-5-40-26-13-9-12-24(18-26)31-27-20-30(32(37)38)35(28(27)14-15-33-31)21-25-19-29(23-10-7-6-8-11-23)36(34-25)22-39-16-17-41(2,3)4/h6-15,18-20H,5,16-17,21-22H2,1-4H3,(H,37,38). The van der Waals surface area contributed by atoms with Crippen molar-refractivity contribution in [1.29, 1.82) is 0 Å². The van der Waals surface area contributed by atoms with Gasteiger partial charge >= 0.3 is 5.97 Å². The van der Waals surface area contributed by atoms with E-state index in [-0.39, 0.29) is 12.2 Å². The van der Waals surface area contributed by atoms with Gasteiger partial charge in [0, 0.05) is 31.8 Å². The van der Waals surface area contributed by atoms with Crippen molar-refractivity contribution in [3.63, 3.8) is 0 Å². The summed E-state index contributed by atoms with van der Waals surface area (Å²) in [4.78, 5) is 17.0. The highest BCUT2D eigenvalue weighted by Gasteiger charge is 2.20. The van der Waals surface area contributed by atoms with Crippen LogP contribution in [-0.2, 0) is 18.0 Å². The van der Waals surface area contributed by atoms with E-state index in [2.05, 4.69) is 24.6 Å². The predicted molar refractivity (Wildman–Crippen MR) is 164 cm³/mol. The second kappa shape index (κ2) is 12.1. The maximum Gasteiger partial charge on any atom is 0.352 e. The van der Waals surface area contributed by atoms with Crippen LogP contribution in [0.15, 0.2) is 79.0 Å². The minimum absolute atomic E-state index is 0.178. The van der Waals surface area contributed by atoms with Gasteiger partial charge in [-0.15, -0.1) is 0 Å². The molecule has 0 fully saturated rings. The van der Waals surface area contributed by atoms with Crippen molar-refractivity contribution >= 4 is 24.9 Å². The zero-order valence-corrected chi connectivity index (χ0v) is 25.0. The molecule has 0 atom stereocenters. The molecule has 5 aromatic rings. The van der Waals surface area contributed by atoms with Crippen molar-refractivity contribution < 1.29 is 19.4 Å². The Morgan fingerprint density at radius 2 is 1.76 bits per heavy atom. The topological polar surface area (TPSA) is 91.4 Å². The smallest absolute Gasteiger partial charge is 0.352 e. The fourth-order valence-electron chi connectivity index (χ4n) is 4.84. The molecule has 0 saturated carbocycles. The van der Waals surface area contributed by atoms with Gasteiger partial charge in [0.25, 0.3) is 0 Å². The summed E-state index contributed by atoms with van der Waals surface area (Å²) in [5, 5.41) is 15.8. The molecule has 9 heteroatoms. The highest BCUT2D eigenvalue weighted by atomic mass is 28.3. The Balaban J connectivity index is 1.52. The van der Waals surface area contributed by atoms with Crippen LogP contribution in [-0.4, -0.2) is 51.7 Å². The molecule has 0 bridgehead atoms. The molecular formula is C32H36N4O4Si. The highest BCUT2D eigenvalue weighted by Crippen LogP contribution is 2.32. The summed E-state index contributed by atoms with van der Waals surface area (Å²) < 4.78 is 15.4. The van der Waals surface area contributed by atoms with Crippen LogP contribution in [0.1, 0.15) is 23.1 Å². The summed E-state index contributed by atoms with van der Waals surface area (Å²) in [7, 11) is -1.22. The largest absolute Gasteiger partial charge is 0.494 e. The van der Waals surface area contributed by atoms with Crippen molar-refractivity contribution in [1.82, 2.24) is 19.3 Å². The monoisotopic (exact) mass is 568 g/mol. The van der Waals surface area contributed by atoms with E-state index in [0.717, 1.165) is 45.2 Å². The van der Waals surface area contributed by atoms with Gasteiger partial charge in [-0.3, -0.25) is 4.98 Å². The quantitative estimate of drug-likeness (QED) is 0.128. The van der Waals surface area contributed by atoms with Gasteiger partial charge in [-0.25, -0.2) is 9.48 Å². The van der Waals surface area contributed by atoms with Gasteiger partial charge in [0.15, 0.2) is 0 Å². The Bertz CT molecular complexity index is 1650. The first-order valence-corrected chi connectivity index (χ1v) is 17.6. The Labute approximate surface area is 241 Å². The van der Waals surface area contributed by atoms with E-state index in [0.29, 0.717) is 25.6 Å². The summed E-state index contributed by atoms with van der Waals surface area (Å²) >= 11 is 0. The van der Waals surface area contributed by atoms with Crippen LogP contribution in [0, 0.1) is 0 Å². The molecule has 212 valence electrons. The number of carboxylic acid groups (broad SMARTS) is 1. The number of aromatic nitrogens is 4. The molecule has 0 aliphatic rings. The predicted octanol–water partition coefficient (Wildman–Crippen LogP) is 7.02. The minimum atomic E-state index is -1.22. The first kappa shape index (κ1) is 28.3. The number of nitrogens with zero attached hydrogens (tertiary/aromatic N) is 4. The number of hydrogen-bond donors (Lipinski definition) is 1. The number of pyridine rings is 1. The lowest BCUT2D eigenvalue weighted by molar-refractivity contribution is 0.0685. The second-order valence-electron chi connectivity index (χ2n) is 11.2. The molecule has 2 aromatic carbocycles. The molecule has 3 aromatic heterocycles. The molecule has 5 rings (SSSR count). The van der Waals surface area contributed by atoms with Crippen LogP contribution in [0.2, 0.25) is 25.7 Å². The van der Waals surface area contributed by atoms with Crippen LogP contribution >= 0.6 is 0 Å². The molecule has 0 aliphatic heterocycles. The van der Waals surface area contributed by atoms with Crippen molar-refractivity contribution in [2.45, 2.75) is 45.9 Å². The van der Waals surface area contributed by atoms with E-state index in [4.69, 9.17) is 14.6 Å². The van der Waals surface area contributed by atoms with Crippen LogP contribution < -0.4 is 4.74 Å². The third-order valence-corrected chi connectivity index (χ3v) is 8.60. The van der Waals surface area contributed by atoms with E-state index in [1.807, 2.05) is 78.3 Å². The molecule has 8 nitrogen and oxygen atoms in total. The van der Waals surface area contributed by atoms with Crippen LogP contribution in [0.3, 0.4) is 0 Å². The van der Waals surface area contributed by atoms with Gasteiger partial charge in [0.05, 0.1) is 35.8 Å². The lowest BCUT2D eigenvalue weighted by atomic mass is 10.1. The lowest BCUT2D eigenvalue weighted by Gasteiger charge is -2.16. The van der Waals surface area contributed by atoms with Gasteiger partial charge in [-0.2, -0.15) is 5.10 Å². The molecular weight excluding hydrogens is 532 g/mol. The molecule has 0 unspecified atom stereocenters. The number of benzene rings is 2. The van der Waals surface area contributed by atoms with Crippen molar-refractivity contribution in [2.75, 3.05) is 13.2 Å². The third kappa shape index (κ3) is 6.58. The molecule has 0 spiro atoms. The molecule has 1 N–H and O–H groups in total. The molecule has 0 radical (unpaired) electrons. The molecule has 3 heterocycles. The van der Waals surface area contributed by atoms with Gasteiger partial charge in [-0.05, 0) is 48.9 Å². The van der Waals surface area contributed by atoms with E-state index in [9.17, 15) is 9.90 Å². The normalized spacial score (nSPS) is 11.7. The summed E-state index contributed by atoms with van der Waals surface area (Å²) in [5.74, 6) is -0.264. The molecule has 0 amide bonds. The average Bonchev–Trinajstić information content (AvgIpc) is 3.53. The zero-order chi connectivity index (χ0) is 29.0. The number of carboxylic acids is 1. The second-order valence-corrected chi connectivity index (χ2v) is 16.8. The van der Waals surface area contributed by atoms with Crippen LogP contribution in [0.25, 0.3) is 33.4 Å². The van der Waals surface area contributed by atoms with Crippen LogP contribution in [0.5, 0.6) is 5.75 Å². The zero-order valence-electron chi connectivity index (χ0n) is 24.0. The van der Waals surface area contributed by atoms with E-state index < -0.39 is 14.0 Å². The van der Waals surface area contributed by atoms with Crippen molar-refractivity contribution in [3.8, 4) is 28.3 Å². The summed E-state index contributed by atoms with van der Waals surface area (Å²) in [5.41, 5.74) is 5.22. The Morgan fingerprint density at radius 1 is 0.976 bits per heavy atom. The SMILES string of the molecule is CCOc1cccc(-c2nccc3c2cc(C(=O)O)n3Cc2cc(-c3ccccc3)n(COCC[Si](C)(C)C)n2)c1. The van der Waals surface area contributed by atoms with Gasteiger partial charge in [0.1, 0.15) is 18.2 Å². The summed E-state index contributed by atoms with van der Waals surface area (Å²) in [6.07, 6.45) is 1.72. The van der Waals surface area contributed by atoms with E-state index >= 15 is 0 Å². The highest BCUT2D eigenvalue weighted by molar-refractivity contribution is 6.76. The number of rotatable bonds is 12. The summed E-state index contributed by atoms with van der Waals surface area (Å²) in [6.45, 7) is 10.8. The van der Waals surface area contributed by atoms with Crippen LogP contribution in [0.4, 0.5) is 0 Å². The van der Waals surface area contributed by atoms with E-state index in [1.54, 1.807) is 16.8 Å². The van der Waals surface area contributed by atoms with E-state index in [1.165, 1.54) is 0 Å². The number of ether oxygens (including phenoxy) is 2. The first-order valence-electron chi connectivity index (χ1n) is 13.9. The number of aromatic carboxylic acids is 1. The minimum Gasteiger partial charge on any atom is -0.494 e. The molecule has 0 aliphatic carbocycles. The Kier molecular flexibility index (Phi) is 8.37. The molecule has 41 heavy (non-hydrogen) atoms. The number of carbonyl (C=O) groups is 1.